The number of carbonyl (C=O) groups is 1. The van der Waals surface area contributed by atoms with Gasteiger partial charge in [-0.05, 0) is 25.1 Å². The lowest BCUT2D eigenvalue weighted by atomic mass is 10.1. The largest absolute Gasteiger partial charge is 0.466 e. The maximum atomic E-state index is 11.6. The van der Waals surface area contributed by atoms with Gasteiger partial charge in [0, 0.05) is 10.0 Å². The van der Waals surface area contributed by atoms with Crippen LogP contribution in [0.25, 0.3) is 11.3 Å². The Labute approximate surface area is 136 Å². The molecular weight excluding hydrogens is 356 g/mol. The maximum absolute atomic E-state index is 11.6. The Morgan fingerprint density at radius 2 is 2.05 bits per heavy atom. The van der Waals surface area contributed by atoms with Crippen molar-refractivity contribution in [3.05, 3.63) is 45.5 Å². The molecule has 21 heavy (non-hydrogen) atoms. The summed E-state index contributed by atoms with van der Waals surface area (Å²) < 4.78 is 5.88. The summed E-state index contributed by atoms with van der Waals surface area (Å²) in [7, 11) is 0. The Balaban J connectivity index is 2.38. The molecule has 0 bridgehead atoms. The first-order valence-electron chi connectivity index (χ1n) is 6.37. The normalized spacial score (nSPS) is 10.4. The molecule has 0 aliphatic heterocycles. The summed E-state index contributed by atoms with van der Waals surface area (Å²) in [5.74, 6) is -0.360. The first kappa shape index (κ1) is 15.8. The van der Waals surface area contributed by atoms with E-state index in [0.717, 1.165) is 10.0 Å². The Hall–Kier alpha value is -1.59. The highest BCUT2D eigenvalue weighted by molar-refractivity contribution is 9.10. The lowest BCUT2D eigenvalue weighted by Crippen LogP contribution is -2.11. The molecule has 0 saturated heterocycles. The van der Waals surface area contributed by atoms with E-state index in [9.17, 15) is 4.79 Å². The van der Waals surface area contributed by atoms with Crippen LogP contribution in [0.15, 0.2) is 34.8 Å². The number of aromatic nitrogens is 1. The summed E-state index contributed by atoms with van der Waals surface area (Å²) in [6.45, 7) is 2.08. The lowest BCUT2D eigenvalue weighted by molar-refractivity contribution is -0.142. The van der Waals surface area contributed by atoms with Crippen molar-refractivity contribution in [2.75, 3.05) is 12.3 Å². The fourth-order valence-electron chi connectivity index (χ4n) is 1.84. The van der Waals surface area contributed by atoms with Crippen molar-refractivity contribution in [2.24, 2.45) is 0 Å². The van der Waals surface area contributed by atoms with Crippen molar-refractivity contribution in [1.82, 2.24) is 4.98 Å². The monoisotopic (exact) mass is 368 g/mol. The summed E-state index contributed by atoms with van der Waals surface area (Å²) in [6.07, 6.45) is 0.0281. The van der Waals surface area contributed by atoms with Gasteiger partial charge in [-0.1, -0.05) is 39.7 Å². The molecule has 4 nitrogen and oxygen atoms in total. The van der Waals surface area contributed by atoms with E-state index in [1.54, 1.807) is 13.0 Å². The summed E-state index contributed by atoms with van der Waals surface area (Å²) >= 11 is 9.58. The van der Waals surface area contributed by atoms with Crippen LogP contribution in [0.3, 0.4) is 0 Å². The molecule has 2 aromatic rings. The van der Waals surface area contributed by atoms with Crippen molar-refractivity contribution >= 4 is 39.2 Å². The second kappa shape index (κ2) is 6.91. The molecule has 0 saturated carbocycles. The van der Waals surface area contributed by atoms with Crippen molar-refractivity contribution in [2.45, 2.75) is 13.3 Å². The predicted octanol–water partition coefficient (Wildman–Crippen LogP) is 3.85. The minimum Gasteiger partial charge on any atom is -0.466 e. The molecule has 0 aliphatic rings. The van der Waals surface area contributed by atoms with E-state index in [1.807, 2.05) is 24.3 Å². The SMILES string of the molecule is CCOC(=O)Cc1nc(-c2ccc(Br)cc2)c(Cl)cc1N. The highest BCUT2D eigenvalue weighted by atomic mass is 79.9. The quantitative estimate of drug-likeness (QED) is 0.831. The van der Waals surface area contributed by atoms with Crippen LogP contribution >= 0.6 is 27.5 Å². The molecule has 6 heteroatoms. The number of nitrogens with two attached hydrogens (primary N) is 1. The summed E-state index contributed by atoms with van der Waals surface area (Å²) in [4.78, 5) is 16.0. The number of carbonyl (C=O) groups excluding carboxylic acids is 1. The maximum Gasteiger partial charge on any atom is 0.311 e. The van der Waals surface area contributed by atoms with Gasteiger partial charge >= 0.3 is 5.97 Å². The van der Waals surface area contributed by atoms with Crippen LogP contribution in [0.1, 0.15) is 12.6 Å². The standard InChI is InChI=1S/C15H14BrClN2O2/c1-2-21-14(20)8-13-12(18)7-11(17)15(19-13)9-3-5-10(16)6-4-9/h3-7H,2,8,18H2,1H3. The highest BCUT2D eigenvalue weighted by Gasteiger charge is 2.14. The molecule has 1 heterocycles. The number of ether oxygens (including phenoxy) is 1. The Morgan fingerprint density at radius 3 is 2.67 bits per heavy atom. The van der Waals surface area contributed by atoms with Gasteiger partial charge in [0.25, 0.3) is 0 Å². The smallest absolute Gasteiger partial charge is 0.311 e. The number of benzene rings is 1. The molecule has 2 rings (SSSR count). The van der Waals surface area contributed by atoms with Crippen LogP contribution in [0, 0.1) is 0 Å². The fourth-order valence-corrected chi connectivity index (χ4v) is 2.37. The molecule has 0 radical (unpaired) electrons. The molecule has 110 valence electrons. The molecule has 0 spiro atoms. The minimum atomic E-state index is -0.360. The van der Waals surface area contributed by atoms with Crippen molar-refractivity contribution in [3.8, 4) is 11.3 Å². The van der Waals surface area contributed by atoms with Gasteiger partial charge in [0.1, 0.15) is 0 Å². The first-order chi connectivity index (χ1) is 10.0. The topological polar surface area (TPSA) is 65.2 Å². The molecule has 0 fully saturated rings. The molecule has 0 amide bonds. The van der Waals surface area contributed by atoms with Gasteiger partial charge in [-0.3, -0.25) is 4.79 Å². The third kappa shape index (κ3) is 3.95. The summed E-state index contributed by atoms with van der Waals surface area (Å²) in [6, 6.07) is 9.19. The van der Waals surface area contributed by atoms with Crippen LogP contribution in [-0.4, -0.2) is 17.6 Å². The van der Waals surface area contributed by atoms with Gasteiger partial charge < -0.3 is 10.5 Å². The van der Waals surface area contributed by atoms with Crippen molar-refractivity contribution in [1.29, 1.82) is 0 Å². The van der Waals surface area contributed by atoms with E-state index in [-0.39, 0.29) is 12.4 Å². The van der Waals surface area contributed by atoms with E-state index in [4.69, 9.17) is 22.1 Å². The van der Waals surface area contributed by atoms with E-state index in [2.05, 4.69) is 20.9 Å². The van der Waals surface area contributed by atoms with Gasteiger partial charge in [0.05, 0.1) is 35.1 Å². The lowest BCUT2D eigenvalue weighted by Gasteiger charge is -2.10. The number of nitrogen functional groups attached to an aromatic ring is 1. The zero-order valence-corrected chi connectivity index (χ0v) is 13.7. The number of nitrogens with zero attached hydrogens (tertiary/aromatic N) is 1. The van der Waals surface area contributed by atoms with Gasteiger partial charge in [-0.2, -0.15) is 0 Å². The number of esters is 1. The minimum absolute atomic E-state index is 0.0281. The molecule has 0 aliphatic carbocycles. The van der Waals surface area contributed by atoms with Crippen molar-refractivity contribution < 1.29 is 9.53 Å². The average Bonchev–Trinajstić information content (AvgIpc) is 2.43. The molecular formula is C15H14BrClN2O2. The molecule has 0 unspecified atom stereocenters. The van der Waals surface area contributed by atoms with E-state index in [1.165, 1.54) is 0 Å². The Morgan fingerprint density at radius 1 is 1.38 bits per heavy atom. The number of pyridine rings is 1. The third-order valence-electron chi connectivity index (χ3n) is 2.82. The average molecular weight is 370 g/mol. The highest BCUT2D eigenvalue weighted by Crippen LogP contribution is 2.30. The predicted molar refractivity (Wildman–Crippen MR) is 87.1 cm³/mol. The van der Waals surface area contributed by atoms with E-state index < -0.39 is 0 Å². The zero-order chi connectivity index (χ0) is 15.4. The molecule has 1 aromatic carbocycles. The molecule has 1 aromatic heterocycles. The van der Waals surface area contributed by atoms with Gasteiger partial charge in [0.15, 0.2) is 0 Å². The second-order valence-electron chi connectivity index (χ2n) is 4.34. The molecule has 2 N–H and O–H groups in total. The Kier molecular flexibility index (Phi) is 5.20. The summed E-state index contributed by atoms with van der Waals surface area (Å²) in [5, 5.41) is 0.447. The number of halogens is 2. The van der Waals surface area contributed by atoms with Crippen LogP contribution in [0.5, 0.6) is 0 Å². The summed E-state index contributed by atoms with van der Waals surface area (Å²) in [5.41, 5.74) is 8.18. The number of rotatable bonds is 4. The van der Waals surface area contributed by atoms with Gasteiger partial charge in [-0.25, -0.2) is 4.98 Å². The zero-order valence-electron chi connectivity index (χ0n) is 11.4. The van der Waals surface area contributed by atoms with Gasteiger partial charge in [-0.15, -0.1) is 0 Å². The van der Waals surface area contributed by atoms with Gasteiger partial charge in [0.2, 0.25) is 0 Å². The second-order valence-corrected chi connectivity index (χ2v) is 5.67. The number of hydrogen-bond donors (Lipinski definition) is 1. The Bertz CT molecular complexity index is 659. The van der Waals surface area contributed by atoms with Crippen LogP contribution in [0.2, 0.25) is 5.02 Å². The first-order valence-corrected chi connectivity index (χ1v) is 7.54. The fraction of sp³-hybridized carbons (Fsp3) is 0.200. The van der Waals surface area contributed by atoms with Crippen molar-refractivity contribution in [3.63, 3.8) is 0 Å². The van der Waals surface area contributed by atoms with E-state index in [0.29, 0.717) is 28.7 Å². The third-order valence-corrected chi connectivity index (χ3v) is 3.64. The number of anilines is 1. The van der Waals surface area contributed by atoms with Crippen LogP contribution < -0.4 is 5.73 Å². The van der Waals surface area contributed by atoms with Crippen LogP contribution in [-0.2, 0) is 16.0 Å². The van der Waals surface area contributed by atoms with E-state index >= 15 is 0 Å². The number of hydrogen-bond acceptors (Lipinski definition) is 4. The van der Waals surface area contributed by atoms with Crippen LogP contribution in [0.4, 0.5) is 5.69 Å². The molecule has 0 atom stereocenters.